The van der Waals surface area contributed by atoms with Gasteiger partial charge in [0.2, 0.25) is 0 Å². The van der Waals surface area contributed by atoms with E-state index < -0.39 is 0 Å². The van der Waals surface area contributed by atoms with Gasteiger partial charge in [0.25, 0.3) is 0 Å². The van der Waals surface area contributed by atoms with Gasteiger partial charge in [-0.2, -0.15) is 0 Å². The van der Waals surface area contributed by atoms with Crippen LogP contribution < -0.4 is 0 Å². The van der Waals surface area contributed by atoms with Gasteiger partial charge < -0.3 is 0 Å². The molecule has 1 aliphatic carbocycles. The van der Waals surface area contributed by atoms with Crippen molar-refractivity contribution in [3.8, 4) is 0 Å². The zero-order valence-corrected chi connectivity index (χ0v) is 12.2. The van der Waals surface area contributed by atoms with Crippen molar-refractivity contribution in [1.29, 1.82) is 0 Å². The topological polar surface area (TPSA) is 0 Å². The second-order valence-electron chi connectivity index (χ2n) is 3.57. The molecule has 0 heterocycles. The molecule has 0 nitrogen and oxygen atoms in total. The normalized spacial score (nSPS) is 12.9. The van der Waals surface area contributed by atoms with Crippen LogP contribution in [0.15, 0.2) is 23.8 Å². The quantitative estimate of drug-likeness (QED) is 0.482. The average molecular weight is 224 g/mol. The van der Waals surface area contributed by atoms with Gasteiger partial charge in [0, 0.05) is 0 Å². The van der Waals surface area contributed by atoms with E-state index in [0.717, 1.165) is 0 Å². The van der Waals surface area contributed by atoms with Crippen LogP contribution in [0.4, 0.5) is 0 Å². The predicted molar refractivity (Wildman–Crippen MR) is 77.9 cm³/mol. The van der Waals surface area contributed by atoms with Crippen molar-refractivity contribution >= 4 is 0 Å². The first-order valence-corrected chi connectivity index (χ1v) is 7.29. The summed E-state index contributed by atoms with van der Waals surface area (Å²) in [5.74, 6) is 0. The van der Waals surface area contributed by atoms with Crippen LogP contribution in [0.25, 0.3) is 0 Å². The van der Waals surface area contributed by atoms with Crippen LogP contribution in [-0.4, -0.2) is 0 Å². The minimum absolute atomic E-state index is 1.25. The smallest absolute Gasteiger partial charge is 0.0282 e. The van der Waals surface area contributed by atoms with Gasteiger partial charge in [-0.05, 0) is 25.7 Å². The molecule has 0 aliphatic heterocycles. The fourth-order valence-corrected chi connectivity index (χ4v) is 1.61. The summed E-state index contributed by atoms with van der Waals surface area (Å²) in [7, 11) is 0. The molecule has 0 heteroatoms. The first-order valence-electron chi connectivity index (χ1n) is 7.29. The van der Waals surface area contributed by atoms with E-state index in [-0.39, 0.29) is 0 Å². The molecule has 0 fully saturated rings. The lowest BCUT2D eigenvalue weighted by Gasteiger charge is -2.05. The van der Waals surface area contributed by atoms with Crippen molar-refractivity contribution in [2.45, 2.75) is 79.6 Å². The highest BCUT2D eigenvalue weighted by molar-refractivity contribution is 5.21. The van der Waals surface area contributed by atoms with Crippen LogP contribution in [-0.2, 0) is 0 Å². The molecule has 0 aromatic rings. The maximum absolute atomic E-state index is 2.39. The largest absolute Gasteiger partial charge is 0.0840 e. The molecule has 1 aliphatic rings. The van der Waals surface area contributed by atoms with Gasteiger partial charge in [0.1, 0.15) is 0 Å². The molecule has 16 heavy (non-hydrogen) atoms. The molecule has 0 aromatic carbocycles. The summed E-state index contributed by atoms with van der Waals surface area (Å²) in [5, 5.41) is 0. The Hall–Kier alpha value is -0.520. The van der Waals surface area contributed by atoms with Crippen LogP contribution in [0.5, 0.6) is 0 Å². The summed E-state index contributed by atoms with van der Waals surface area (Å²) in [5.41, 5.74) is 1.57. The van der Waals surface area contributed by atoms with Gasteiger partial charge in [0.05, 0.1) is 0 Å². The minimum atomic E-state index is 1.25. The highest BCUT2D eigenvalue weighted by Crippen LogP contribution is 2.16. The van der Waals surface area contributed by atoms with Gasteiger partial charge in [0.15, 0.2) is 0 Å². The van der Waals surface area contributed by atoms with Crippen LogP contribution in [0.1, 0.15) is 79.6 Å². The second kappa shape index (κ2) is 16.9. The molecule has 0 unspecified atom stereocenters. The van der Waals surface area contributed by atoms with E-state index in [1.165, 1.54) is 44.9 Å². The Kier molecular flexibility index (Phi) is 18.9. The molecule has 0 aromatic heterocycles. The minimum Gasteiger partial charge on any atom is -0.0840 e. The average Bonchev–Trinajstić information content (AvgIpc) is 2.41. The van der Waals surface area contributed by atoms with Crippen molar-refractivity contribution in [3.63, 3.8) is 0 Å². The van der Waals surface area contributed by atoms with Crippen molar-refractivity contribution in [2.75, 3.05) is 0 Å². The zero-order valence-electron chi connectivity index (χ0n) is 12.2. The highest BCUT2D eigenvalue weighted by Gasteiger charge is 1.96. The van der Waals surface area contributed by atoms with Crippen molar-refractivity contribution in [1.82, 2.24) is 0 Å². The SMILES string of the molecule is CC.CC.CCCCCCC1=CCCC=C1. The van der Waals surface area contributed by atoms with Crippen molar-refractivity contribution < 1.29 is 0 Å². The van der Waals surface area contributed by atoms with Crippen molar-refractivity contribution in [3.05, 3.63) is 23.8 Å². The fourth-order valence-electron chi connectivity index (χ4n) is 1.61. The third kappa shape index (κ3) is 11.6. The maximum Gasteiger partial charge on any atom is -0.0282 e. The van der Waals surface area contributed by atoms with Crippen LogP contribution in [0, 0.1) is 0 Å². The maximum atomic E-state index is 2.39. The predicted octanol–water partition coefficient (Wildman–Crippen LogP) is 6.29. The molecule has 0 N–H and O–H groups in total. The van der Waals surface area contributed by atoms with Gasteiger partial charge in [-0.25, -0.2) is 0 Å². The number of allylic oxidation sites excluding steroid dienone is 4. The molecule has 0 saturated carbocycles. The van der Waals surface area contributed by atoms with Gasteiger partial charge in [-0.3, -0.25) is 0 Å². The number of hydrogen-bond acceptors (Lipinski definition) is 0. The van der Waals surface area contributed by atoms with Gasteiger partial charge in [-0.1, -0.05) is 77.7 Å². The van der Waals surface area contributed by atoms with E-state index >= 15 is 0 Å². The summed E-state index contributed by atoms with van der Waals surface area (Å²) in [6.07, 6.45) is 16.3. The molecular weight excluding hydrogens is 192 g/mol. The highest BCUT2D eigenvalue weighted by atomic mass is 14.0. The molecular formula is C16H32. The third-order valence-electron chi connectivity index (χ3n) is 2.39. The van der Waals surface area contributed by atoms with E-state index in [9.17, 15) is 0 Å². The lowest BCUT2D eigenvalue weighted by Crippen LogP contribution is -1.85. The number of rotatable bonds is 5. The molecule has 0 radical (unpaired) electrons. The molecule has 96 valence electrons. The molecule has 0 atom stereocenters. The first-order chi connectivity index (χ1) is 7.93. The van der Waals surface area contributed by atoms with Crippen LogP contribution in [0.3, 0.4) is 0 Å². The zero-order chi connectivity index (χ0) is 12.6. The fraction of sp³-hybridized carbons (Fsp3) is 0.750. The number of hydrogen-bond donors (Lipinski definition) is 0. The summed E-state index contributed by atoms with van der Waals surface area (Å²) >= 11 is 0. The van der Waals surface area contributed by atoms with Crippen molar-refractivity contribution in [2.24, 2.45) is 0 Å². The first kappa shape index (κ1) is 17.9. The Morgan fingerprint density at radius 1 is 0.938 bits per heavy atom. The summed E-state index contributed by atoms with van der Waals surface area (Å²) in [6.45, 7) is 10.3. The lowest BCUT2D eigenvalue weighted by molar-refractivity contribution is 0.666. The summed E-state index contributed by atoms with van der Waals surface area (Å²) < 4.78 is 0. The summed E-state index contributed by atoms with van der Waals surface area (Å²) in [6, 6.07) is 0. The van der Waals surface area contributed by atoms with Crippen LogP contribution >= 0.6 is 0 Å². The van der Waals surface area contributed by atoms with Gasteiger partial charge >= 0.3 is 0 Å². The van der Waals surface area contributed by atoms with E-state index in [2.05, 4.69) is 25.2 Å². The monoisotopic (exact) mass is 224 g/mol. The van der Waals surface area contributed by atoms with E-state index in [1.807, 2.05) is 27.7 Å². The number of unbranched alkanes of at least 4 members (excludes halogenated alkanes) is 3. The lowest BCUT2D eigenvalue weighted by atomic mass is 10.0. The summed E-state index contributed by atoms with van der Waals surface area (Å²) in [4.78, 5) is 0. The second-order valence-corrected chi connectivity index (χ2v) is 3.57. The Balaban J connectivity index is 0. The Morgan fingerprint density at radius 2 is 1.62 bits per heavy atom. The Bertz CT molecular complexity index is 163. The standard InChI is InChI=1S/C12H20.2C2H6/c1-2-3-4-6-9-12-10-7-5-8-11-12;2*1-2/h7,10-11H,2-6,8-9H2,1H3;2*1-2H3. The van der Waals surface area contributed by atoms with Crippen LogP contribution in [0.2, 0.25) is 0 Å². The molecule has 0 amide bonds. The van der Waals surface area contributed by atoms with E-state index in [1.54, 1.807) is 5.57 Å². The third-order valence-corrected chi connectivity index (χ3v) is 2.39. The van der Waals surface area contributed by atoms with Gasteiger partial charge in [-0.15, -0.1) is 0 Å². The molecule has 0 spiro atoms. The molecule has 0 saturated heterocycles. The molecule has 0 bridgehead atoms. The Labute approximate surface area is 104 Å². The van der Waals surface area contributed by atoms with E-state index in [0.29, 0.717) is 0 Å². The molecule has 1 rings (SSSR count). The van der Waals surface area contributed by atoms with E-state index in [4.69, 9.17) is 0 Å². The Morgan fingerprint density at radius 3 is 2.12 bits per heavy atom.